The summed E-state index contributed by atoms with van der Waals surface area (Å²) in [6.45, 7) is 1.92. The second-order valence-electron chi connectivity index (χ2n) is 7.03. The highest BCUT2D eigenvalue weighted by Gasteiger charge is 2.22. The van der Waals surface area contributed by atoms with Crippen molar-refractivity contribution in [2.24, 2.45) is 0 Å². The van der Waals surface area contributed by atoms with Gasteiger partial charge in [0.15, 0.2) is 5.16 Å². The highest BCUT2D eigenvalue weighted by atomic mass is 32.2. The number of nitriles is 1. The molecule has 1 N–H and O–H groups in total. The molecule has 4 aromatic rings. The Morgan fingerprint density at radius 1 is 1.03 bits per heavy atom. The molecule has 3 aromatic carbocycles. The van der Waals surface area contributed by atoms with Crippen LogP contribution in [0.4, 0.5) is 0 Å². The van der Waals surface area contributed by atoms with E-state index >= 15 is 0 Å². The molecule has 0 saturated carbocycles. The quantitative estimate of drug-likeness (QED) is 0.339. The van der Waals surface area contributed by atoms with Gasteiger partial charge in [-0.25, -0.2) is 4.98 Å². The van der Waals surface area contributed by atoms with Crippen LogP contribution >= 0.6 is 11.8 Å². The largest absolute Gasteiger partial charge is 0.301 e. The van der Waals surface area contributed by atoms with Crippen LogP contribution in [0.5, 0.6) is 0 Å². The number of nitrogens with zero attached hydrogens (tertiary/aromatic N) is 2. The Labute approximate surface area is 179 Å². The van der Waals surface area contributed by atoms with Crippen molar-refractivity contribution in [2.75, 3.05) is 0 Å². The van der Waals surface area contributed by atoms with Crippen LogP contribution in [0.25, 0.3) is 10.8 Å². The van der Waals surface area contributed by atoms with Crippen molar-refractivity contribution in [1.29, 1.82) is 5.26 Å². The summed E-state index contributed by atoms with van der Waals surface area (Å²) in [5, 5.41) is 12.7. The van der Waals surface area contributed by atoms with Gasteiger partial charge in [-0.05, 0) is 34.4 Å². The van der Waals surface area contributed by atoms with Crippen LogP contribution < -0.4 is 5.56 Å². The molecule has 1 unspecified atom stereocenters. The number of aromatic nitrogens is 2. The average molecular weight is 412 g/mol. The molecule has 1 heterocycles. The van der Waals surface area contributed by atoms with Crippen LogP contribution in [0.15, 0.2) is 82.7 Å². The minimum Gasteiger partial charge on any atom is -0.301 e. The number of thioether (sulfide) groups is 1. The standard InChI is InChI=1S/C25H21N3OS/c1-2-21-23(22(15-26)20-13-12-18-10-6-7-11-19(18)14-20)27-25(28-24(21)29)30-16-17-8-4-3-5-9-17/h3-14,22H,2,16H2,1H3,(H,27,28,29). The zero-order valence-electron chi connectivity index (χ0n) is 16.6. The van der Waals surface area contributed by atoms with Gasteiger partial charge in [-0.3, -0.25) is 4.79 Å². The third-order valence-electron chi connectivity index (χ3n) is 5.11. The van der Waals surface area contributed by atoms with Crippen molar-refractivity contribution < 1.29 is 0 Å². The Bertz CT molecular complexity index is 1280. The molecule has 0 aliphatic rings. The summed E-state index contributed by atoms with van der Waals surface area (Å²) in [4.78, 5) is 20.4. The highest BCUT2D eigenvalue weighted by molar-refractivity contribution is 7.98. The molecule has 0 aliphatic carbocycles. The van der Waals surface area contributed by atoms with Crippen molar-refractivity contribution in [3.63, 3.8) is 0 Å². The average Bonchev–Trinajstić information content (AvgIpc) is 2.79. The van der Waals surface area contributed by atoms with E-state index in [9.17, 15) is 10.1 Å². The van der Waals surface area contributed by atoms with Crippen LogP contribution in [0, 0.1) is 11.3 Å². The van der Waals surface area contributed by atoms with E-state index in [0.29, 0.717) is 28.6 Å². The molecule has 30 heavy (non-hydrogen) atoms. The Morgan fingerprint density at radius 3 is 2.50 bits per heavy atom. The Balaban J connectivity index is 1.73. The van der Waals surface area contributed by atoms with E-state index in [1.807, 2.05) is 79.7 Å². The number of H-pyrrole nitrogens is 1. The van der Waals surface area contributed by atoms with Crippen molar-refractivity contribution >= 4 is 22.5 Å². The minimum atomic E-state index is -0.595. The van der Waals surface area contributed by atoms with Crippen LogP contribution in [0.1, 0.15) is 35.2 Å². The molecule has 1 aromatic heterocycles. The van der Waals surface area contributed by atoms with E-state index in [2.05, 4.69) is 11.1 Å². The molecule has 0 radical (unpaired) electrons. The van der Waals surface area contributed by atoms with Crippen LogP contribution in [-0.4, -0.2) is 9.97 Å². The summed E-state index contributed by atoms with van der Waals surface area (Å²) in [6.07, 6.45) is 0.521. The normalized spacial score (nSPS) is 11.9. The summed E-state index contributed by atoms with van der Waals surface area (Å²) in [5.41, 5.74) is 2.95. The summed E-state index contributed by atoms with van der Waals surface area (Å²) in [7, 11) is 0. The van der Waals surface area contributed by atoms with Gasteiger partial charge in [0.1, 0.15) is 5.92 Å². The molecule has 0 bridgehead atoms. The first kappa shape index (κ1) is 19.9. The maximum Gasteiger partial charge on any atom is 0.255 e. The van der Waals surface area contributed by atoms with E-state index in [1.165, 1.54) is 11.8 Å². The number of fused-ring (bicyclic) bond motifs is 1. The fraction of sp³-hybridized carbons (Fsp3) is 0.160. The van der Waals surface area contributed by atoms with E-state index in [1.54, 1.807) is 0 Å². The third kappa shape index (κ3) is 4.14. The van der Waals surface area contributed by atoms with E-state index < -0.39 is 5.92 Å². The first-order chi connectivity index (χ1) is 14.7. The summed E-state index contributed by atoms with van der Waals surface area (Å²) in [6, 6.07) is 26.4. The topological polar surface area (TPSA) is 69.5 Å². The van der Waals surface area contributed by atoms with Gasteiger partial charge >= 0.3 is 0 Å². The number of hydrogen-bond acceptors (Lipinski definition) is 4. The molecule has 1 atom stereocenters. The summed E-state index contributed by atoms with van der Waals surface area (Å²) in [5.74, 6) is 0.102. The maximum absolute atomic E-state index is 12.7. The Morgan fingerprint density at radius 2 is 1.77 bits per heavy atom. The lowest BCUT2D eigenvalue weighted by molar-refractivity contribution is 0.807. The SMILES string of the molecule is CCc1c(C(C#N)c2ccc3ccccc3c2)nc(SCc2ccccc2)[nH]c1=O. The minimum absolute atomic E-state index is 0.167. The first-order valence-corrected chi connectivity index (χ1v) is 10.9. The molecule has 148 valence electrons. The molecule has 0 spiro atoms. The number of hydrogen-bond donors (Lipinski definition) is 1. The van der Waals surface area contributed by atoms with E-state index in [0.717, 1.165) is 21.9 Å². The lowest BCUT2D eigenvalue weighted by Gasteiger charge is -2.15. The third-order valence-corrected chi connectivity index (χ3v) is 6.05. The van der Waals surface area contributed by atoms with Crippen LogP contribution in [0.3, 0.4) is 0 Å². The zero-order chi connectivity index (χ0) is 20.9. The van der Waals surface area contributed by atoms with Crippen LogP contribution in [-0.2, 0) is 12.2 Å². The second-order valence-corrected chi connectivity index (χ2v) is 8.00. The first-order valence-electron chi connectivity index (χ1n) is 9.87. The molecule has 0 aliphatic heterocycles. The summed E-state index contributed by atoms with van der Waals surface area (Å²) >= 11 is 1.47. The van der Waals surface area contributed by atoms with Gasteiger partial charge in [0.2, 0.25) is 0 Å². The van der Waals surface area contributed by atoms with Gasteiger partial charge in [0.25, 0.3) is 5.56 Å². The van der Waals surface area contributed by atoms with Gasteiger partial charge < -0.3 is 4.98 Å². The number of nitrogens with one attached hydrogen (secondary N) is 1. The molecule has 4 nitrogen and oxygen atoms in total. The van der Waals surface area contributed by atoms with Crippen molar-refractivity contribution in [3.05, 3.63) is 106 Å². The molecular weight excluding hydrogens is 390 g/mol. The van der Waals surface area contributed by atoms with E-state index in [4.69, 9.17) is 4.98 Å². The number of benzene rings is 3. The molecule has 0 fully saturated rings. The van der Waals surface area contributed by atoms with Gasteiger partial charge in [-0.15, -0.1) is 0 Å². The Kier molecular flexibility index (Phi) is 5.97. The molecule has 0 saturated heterocycles. The highest BCUT2D eigenvalue weighted by Crippen LogP contribution is 2.29. The second kappa shape index (κ2) is 8.98. The van der Waals surface area contributed by atoms with Gasteiger partial charge in [-0.1, -0.05) is 85.4 Å². The van der Waals surface area contributed by atoms with Crippen molar-refractivity contribution in [1.82, 2.24) is 9.97 Å². The van der Waals surface area contributed by atoms with Gasteiger partial charge in [-0.2, -0.15) is 5.26 Å². The van der Waals surface area contributed by atoms with E-state index in [-0.39, 0.29) is 5.56 Å². The maximum atomic E-state index is 12.7. The number of aromatic amines is 1. The van der Waals surface area contributed by atoms with Crippen molar-refractivity contribution in [3.8, 4) is 6.07 Å². The van der Waals surface area contributed by atoms with Gasteiger partial charge in [0, 0.05) is 11.3 Å². The lowest BCUT2D eigenvalue weighted by atomic mass is 9.91. The fourth-order valence-electron chi connectivity index (χ4n) is 3.55. The van der Waals surface area contributed by atoms with Crippen molar-refractivity contribution in [2.45, 2.75) is 30.2 Å². The smallest absolute Gasteiger partial charge is 0.255 e. The van der Waals surface area contributed by atoms with Crippen LogP contribution in [0.2, 0.25) is 0 Å². The van der Waals surface area contributed by atoms with Gasteiger partial charge in [0.05, 0.1) is 11.8 Å². The lowest BCUT2D eigenvalue weighted by Crippen LogP contribution is -2.20. The predicted molar refractivity (Wildman–Crippen MR) is 122 cm³/mol. The monoisotopic (exact) mass is 411 g/mol. The molecule has 5 heteroatoms. The molecule has 4 rings (SSSR count). The zero-order valence-corrected chi connectivity index (χ0v) is 17.4. The predicted octanol–water partition coefficient (Wildman–Crippen LogP) is 5.43. The fourth-order valence-corrected chi connectivity index (χ4v) is 4.37. The molecule has 0 amide bonds. The molecular formula is C25H21N3OS. The number of rotatable bonds is 6. The summed E-state index contributed by atoms with van der Waals surface area (Å²) < 4.78 is 0. The Hall–Kier alpha value is -3.36.